The van der Waals surface area contributed by atoms with Crippen molar-refractivity contribution in [1.82, 2.24) is 0 Å². The molecule has 5 heteroatoms. The van der Waals surface area contributed by atoms with E-state index in [9.17, 15) is 0 Å². The molecule has 10 radical (unpaired) electrons. The minimum Gasteiger partial charge on any atom is -1.00 e. The minimum absolute atomic E-state index is 0. The average molecular weight is 445 g/mol. The van der Waals surface area contributed by atoms with Gasteiger partial charge in [-0.05, 0) is 78.0 Å². The van der Waals surface area contributed by atoms with Crippen LogP contribution in [0.1, 0.15) is 0 Å². The van der Waals surface area contributed by atoms with Gasteiger partial charge in [0.2, 0.25) is 0 Å². The topological polar surface area (TPSA) is 0 Å². The molecule has 2 saturated carbocycles. The van der Waals surface area contributed by atoms with Crippen LogP contribution in [0.4, 0.5) is 0 Å². The Morgan fingerprint density at radius 2 is 0.842 bits per heavy atom. The number of hydrogen-bond acceptors (Lipinski definition) is 0. The Labute approximate surface area is 153 Å². The molecule has 2 aliphatic carbocycles. The van der Waals surface area contributed by atoms with E-state index in [1.165, 1.54) is 11.3 Å². The summed E-state index contributed by atoms with van der Waals surface area (Å²) in [6.07, 6.45) is 17.1. The Morgan fingerprint density at radius 3 is 0.947 bits per heavy atom. The molecule has 108 valence electrons. The fourth-order valence-electron chi connectivity index (χ4n) is 1.32. The Balaban J connectivity index is -0.000000233. The van der Waals surface area contributed by atoms with E-state index in [-0.39, 0.29) is 64.2 Å². The molecule has 2 aliphatic rings. The first-order valence-corrected chi connectivity index (χ1v) is 9.86. The largest absolute Gasteiger partial charge is 2.00 e. The van der Waals surface area contributed by atoms with Crippen LogP contribution in [-0.4, -0.2) is 26.7 Å². The average Bonchev–Trinajstić information content (AvgIpc) is 2.93. The van der Waals surface area contributed by atoms with Crippen LogP contribution in [0.15, 0.2) is 0 Å². The molecule has 0 heterocycles. The van der Waals surface area contributed by atoms with Crippen molar-refractivity contribution in [3.63, 3.8) is 0 Å². The Kier molecular flexibility index (Phi) is 20.9. The number of halogens is 1. The van der Waals surface area contributed by atoms with Crippen molar-refractivity contribution in [2.75, 3.05) is 26.7 Å². The molecule has 0 bridgehead atoms. The van der Waals surface area contributed by atoms with E-state index in [1.54, 1.807) is 0 Å². The number of hydrogen-bond donors (Lipinski definition) is 0. The maximum Gasteiger partial charge on any atom is 2.00 e. The van der Waals surface area contributed by atoms with Crippen molar-refractivity contribution < 1.29 is 48.4 Å². The van der Waals surface area contributed by atoms with Crippen molar-refractivity contribution in [1.29, 1.82) is 0 Å². The molecule has 0 nitrogen and oxygen atoms in total. The van der Waals surface area contributed by atoms with Gasteiger partial charge >= 0.3 is 36.0 Å². The first-order valence-electron chi connectivity index (χ1n) is 5.39. The van der Waals surface area contributed by atoms with E-state index >= 15 is 0 Å². The smallest absolute Gasteiger partial charge is 1.00 e. The Hall–Kier alpha value is 2.27. The third kappa shape index (κ3) is 11.5. The van der Waals surface area contributed by atoms with E-state index in [1.807, 2.05) is 0 Å². The SMILES string of the molecule is CP(C)[C]1[CH][CH][CH][CH]1.CP(C)[C]1[CH][CH][CH][CH]1.[Cl-].[Ni+2].[Ru+2]. The predicted octanol–water partition coefficient (Wildman–Crippen LogP) is 1.18. The fourth-order valence-corrected chi connectivity index (χ4v) is 2.86. The molecule has 0 spiro atoms. The van der Waals surface area contributed by atoms with Gasteiger partial charge in [-0.3, -0.25) is 0 Å². The van der Waals surface area contributed by atoms with Crippen LogP contribution >= 0.6 is 15.8 Å². The van der Waals surface area contributed by atoms with Gasteiger partial charge in [-0.1, -0.05) is 0 Å². The van der Waals surface area contributed by atoms with Crippen LogP contribution in [0.3, 0.4) is 0 Å². The summed E-state index contributed by atoms with van der Waals surface area (Å²) in [7, 11) is 0.283. The summed E-state index contributed by atoms with van der Waals surface area (Å²) >= 11 is 0. The summed E-state index contributed by atoms with van der Waals surface area (Å²) < 4.78 is 0. The van der Waals surface area contributed by atoms with Crippen LogP contribution in [0.2, 0.25) is 0 Å². The predicted molar refractivity (Wildman–Crippen MR) is 78.4 cm³/mol. The fraction of sp³-hybridized carbons (Fsp3) is 0.286. The molecule has 0 aromatic carbocycles. The van der Waals surface area contributed by atoms with Gasteiger partial charge in [0.25, 0.3) is 0 Å². The summed E-state index contributed by atoms with van der Waals surface area (Å²) in [5, 5.41) is 0. The number of rotatable bonds is 2. The molecule has 2 fully saturated rings. The van der Waals surface area contributed by atoms with Gasteiger partial charge in [-0.15, -0.1) is 15.8 Å². The molecule has 0 amide bonds. The second kappa shape index (κ2) is 15.2. The van der Waals surface area contributed by atoms with Crippen LogP contribution in [0, 0.1) is 62.7 Å². The van der Waals surface area contributed by atoms with Crippen molar-refractivity contribution >= 4 is 15.8 Å². The molecular formula is C14H20ClNiP2Ru+3. The normalized spacial score (nSPS) is 19.3. The molecule has 0 aromatic heterocycles. The molecule has 2 rings (SSSR count). The van der Waals surface area contributed by atoms with Gasteiger partial charge < -0.3 is 12.4 Å². The first kappa shape index (κ1) is 26.2. The third-order valence-electron chi connectivity index (χ3n) is 2.32. The van der Waals surface area contributed by atoms with Gasteiger partial charge in [0.1, 0.15) is 0 Å². The monoisotopic (exact) mass is 445 g/mol. The zero-order valence-corrected chi connectivity index (χ0v) is 16.8. The van der Waals surface area contributed by atoms with Crippen LogP contribution in [0.25, 0.3) is 0 Å². The molecular weight excluding hydrogens is 425 g/mol. The van der Waals surface area contributed by atoms with Gasteiger partial charge in [0.05, 0.1) is 0 Å². The molecule has 19 heavy (non-hydrogen) atoms. The first-order chi connectivity index (χ1) is 7.61. The van der Waals surface area contributed by atoms with Crippen molar-refractivity contribution in [2.45, 2.75) is 0 Å². The molecule has 0 saturated heterocycles. The summed E-state index contributed by atoms with van der Waals surface area (Å²) in [4.78, 5) is 0. The van der Waals surface area contributed by atoms with Gasteiger partial charge in [0.15, 0.2) is 0 Å². The quantitative estimate of drug-likeness (QED) is 0.443. The summed E-state index contributed by atoms with van der Waals surface area (Å²) in [5.74, 6) is 0. The summed E-state index contributed by atoms with van der Waals surface area (Å²) in [6.45, 7) is 9.07. The van der Waals surface area contributed by atoms with E-state index in [0.29, 0.717) is 0 Å². The van der Waals surface area contributed by atoms with E-state index in [4.69, 9.17) is 0 Å². The molecule has 0 atom stereocenters. The zero-order chi connectivity index (χ0) is 12.0. The second-order valence-corrected chi connectivity index (χ2v) is 8.69. The molecule has 0 aromatic rings. The van der Waals surface area contributed by atoms with Crippen LogP contribution < -0.4 is 12.4 Å². The standard InChI is InChI=1S/2C7H10P.ClH.Ni.Ru/c2*1-8(2)7-5-3-4-6-7;;;/h2*3-6H,1-2H3;1H;;/q;;;2*+2/p-1. The minimum atomic E-state index is 0. The third-order valence-corrected chi connectivity index (χ3v) is 4.98. The van der Waals surface area contributed by atoms with Gasteiger partial charge in [-0.2, -0.15) is 0 Å². The van der Waals surface area contributed by atoms with E-state index < -0.39 is 0 Å². The van der Waals surface area contributed by atoms with Crippen molar-refractivity contribution in [3.05, 3.63) is 62.7 Å². The van der Waals surface area contributed by atoms with Crippen molar-refractivity contribution in [2.24, 2.45) is 0 Å². The molecule has 0 aliphatic heterocycles. The van der Waals surface area contributed by atoms with Gasteiger partial charge in [0, 0.05) is 11.3 Å². The van der Waals surface area contributed by atoms with Crippen LogP contribution in [-0.2, 0) is 36.0 Å². The summed E-state index contributed by atoms with van der Waals surface area (Å²) in [6, 6.07) is 0. The molecule has 0 unspecified atom stereocenters. The second-order valence-electron chi connectivity index (χ2n) is 4.08. The zero-order valence-electron chi connectivity index (χ0n) is 11.6. The van der Waals surface area contributed by atoms with Crippen LogP contribution in [0.5, 0.6) is 0 Å². The Bertz CT molecular complexity index is 162. The van der Waals surface area contributed by atoms with Gasteiger partial charge in [-0.25, -0.2) is 0 Å². The molecule has 0 N–H and O–H groups in total. The Morgan fingerprint density at radius 1 is 0.632 bits per heavy atom. The van der Waals surface area contributed by atoms with E-state index in [2.05, 4.69) is 78.0 Å². The maximum atomic E-state index is 2.27. The summed E-state index contributed by atoms with van der Waals surface area (Å²) in [5.41, 5.74) is 3.00. The maximum absolute atomic E-state index is 2.27. The van der Waals surface area contributed by atoms with Crippen molar-refractivity contribution in [3.8, 4) is 0 Å². The van der Waals surface area contributed by atoms with E-state index in [0.717, 1.165) is 0 Å².